The normalized spacial score (nSPS) is 17.5. The summed E-state index contributed by atoms with van der Waals surface area (Å²) in [6, 6.07) is 9.86. The molecule has 0 bridgehead atoms. The number of hydrogen-bond donors (Lipinski definition) is 1. The maximum absolute atomic E-state index is 11.1. The summed E-state index contributed by atoms with van der Waals surface area (Å²) in [4.78, 5) is 19.9. The molecular weight excluding hydrogens is 336 g/mol. The lowest BCUT2D eigenvalue weighted by Crippen LogP contribution is -2.10. The Balaban J connectivity index is 1.98. The van der Waals surface area contributed by atoms with Crippen LogP contribution in [0.3, 0.4) is 0 Å². The number of aromatic carboxylic acids is 1. The van der Waals surface area contributed by atoms with Crippen LogP contribution in [0.25, 0.3) is 0 Å². The molecule has 1 atom stereocenters. The van der Waals surface area contributed by atoms with Crippen LogP contribution in [0.5, 0.6) is 0 Å². The molecule has 4 heteroatoms. The number of aromatic nitrogens is 1. The molecule has 0 aliphatic carbocycles. The van der Waals surface area contributed by atoms with Crippen molar-refractivity contribution < 1.29 is 9.90 Å². The Hall–Kier alpha value is -2.75. The molecule has 0 saturated heterocycles. The largest absolute Gasteiger partial charge is 0.477 e. The lowest BCUT2D eigenvalue weighted by atomic mass is 9.85. The number of aryl methyl sites for hydroxylation is 1. The number of carboxylic acids is 1. The summed E-state index contributed by atoms with van der Waals surface area (Å²) < 4.78 is 0. The van der Waals surface area contributed by atoms with E-state index in [4.69, 9.17) is 10.1 Å². The number of nitrogens with zero attached hydrogens (tertiary/aromatic N) is 2. The van der Waals surface area contributed by atoms with Crippen LogP contribution in [0.4, 0.5) is 0 Å². The van der Waals surface area contributed by atoms with Crippen molar-refractivity contribution in [3.63, 3.8) is 0 Å². The second-order valence-electron chi connectivity index (χ2n) is 7.13. The fourth-order valence-corrected chi connectivity index (χ4v) is 3.52. The molecule has 140 valence electrons. The summed E-state index contributed by atoms with van der Waals surface area (Å²) in [6.07, 6.45) is 11.2. The SMILES string of the molecule is Cc1cccc(C(Cc2ccc(C(=O)O)nc2)/C2=C/CCCCC=N2)c1C. The lowest BCUT2D eigenvalue weighted by molar-refractivity contribution is 0.0690. The molecule has 1 aromatic carbocycles. The first-order chi connectivity index (χ1) is 13.1. The van der Waals surface area contributed by atoms with Crippen molar-refractivity contribution in [3.8, 4) is 0 Å². The van der Waals surface area contributed by atoms with Crippen molar-refractivity contribution in [1.82, 2.24) is 4.98 Å². The fourth-order valence-electron chi connectivity index (χ4n) is 3.52. The molecule has 1 aromatic heterocycles. The Morgan fingerprint density at radius 1 is 1.15 bits per heavy atom. The van der Waals surface area contributed by atoms with Crippen LogP contribution in [0.2, 0.25) is 0 Å². The monoisotopic (exact) mass is 362 g/mol. The van der Waals surface area contributed by atoms with Crippen molar-refractivity contribution in [3.05, 3.63) is 76.2 Å². The minimum absolute atomic E-state index is 0.0743. The van der Waals surface area contributed by atoms with E-state index in [1.165, 1.54) is 29.5 Å². The third-order valence-electron chi connectivity index (χ3n) is 5.24. The average molecular weight is 362 g/mol. The Morgan fingerprint density at radius 2 is 1.96 bits per heavy atom. The number of benzene rings is 1. The number of allylic oxidation sites excluding steroid dienone is 2. The first-order valence-electron chi connectivity index (χ1n) is 9.53. The van der Waals surface area contributed by atoms with Crippen LogP contribution < -0.4 is 0 Å². The maximum Gasteiger partial charge on any atom is 0.354 e. The van der Waals surface area contributed by atoms with Crippen molar-refractivity contribution >= 4 is 12.2 Å². The van der Waals surface area contributed by atoms with E-state index in [-0.39, 0.29) is 11.6 Å². The van der Waals surface area contributed by atoms with Gasteiger partial charge in [0.15, 0.2) is 0 Å². The van der Waals surface area contributed by atoms with Crippen LogP contribution in [0.1, 0.15) is 64.3 Å². The van der Waals surface area contributed by atoms with Gasteiger partial charge in [0, 0.05) is 24.0 Å². The summed E-state index contributed by atoms with van der Waals surface area (Å²) >= 11 is 0. The van der Waals surface area contributed by atoms with E-state index in [0.717, 1.165) is 30.5 Å². The van der Waals surface area contributed by atoms with E-state index in [9.17, 15) is 4.79 Å². The third kappa shape index (κ3) is 4.70. The van der Waals surface area contributed by atoms with Gasteiger partial charge in [0.1, 0.15) is 5.69 Å². The molecule has 1 aliphatic heterocycles. The van der Waals surface area contributed by atoms with Crippen LogP contribution >= 0.6 is 0 Å². The quantitative estimate of drug-likeness (QED) is 0.790. The molecule has 0 amide bonds. The third-order valence-corrected chi connectivity index (χ3v) is 5.24. The molecule has 3 rings (SSSR count). The predicted molar refractivity (Wildman–Crippen MR) is 109 cm³/mol. The van der Waals surface area contributed by atoms with Gasteiger partial charge >= 0.3 is 5.97 Å². The molecule has 1 unspecified atom stereocenters. The van der Waals surface area contributed by atoms with E-state index in [1.807, 2.05) is 12.3 Å². The highest BCUT2D eigenvalue weighted by Gasteiger charge is 2.20. The van der Waals surface area contributed by atoms with Crippen LogP contribution in [-0.2, 0) is 6.42 Å². The van der Waals surface area contributed by atoms with Gasteiger partial charge in [-0.05, 0) is 74.3 Å². The summed E-state index contributed by atoms with van der Waals surface area (Å²) in [6.45, 7) is 4.30. The van der Waals surface area contributed by atoms with Crippen LogP contribution in [0.15, 0.2) is 53.3 Å². The number of carboxylic acid groups (broad SMARTS) is 1. The average Bonchev–Trinajstić information content (AvgIpc) is 2.63. The zero-order chi connectivity index (χ0) is 19.2. The zero-order valence-corrected chi connectivity index (χ0v) is 16.0. The van der Waals surface area contributed by atoms with E-state index in [2.05, 4.69) is 43.1 Å². The summed E-state index contributed by atoms with van der Waals surface area (Å²) in [5.74, 6) is -0.864. The second-order valence-corrected chi connectivity index (χ2v) is 7.13. The van der Waals surface area contributed by atoms with Crippen LogP contribution in [-0.4, -0.2) is 22.3 Å². The van der Waals surface area contributed by atoms with Gasteiger partial charge in [0.05, 0.1) is 0 Å². The van der Waals surface area contributed by atoms with Gasteiger partial charge in [-0.1, -0.05) is 30.3 Å². The number of hydrogen-bond acceptors (Lipinski definition) is 3. The zero-order valence-electron chi connectivity index (χ0n) is 16.0. The van der Waals surface area contributed by atoms with Crippen LogP contribution in [0, 0.1) is 13.8 Å². The predicted octanol–water partition coefficient (Wildman–Crippen LogP) is 5.25. The van der Waals surface area contributed by atoms with Gasteiger partial charge in [0.25, 0.3) is 0 Å². The molecule has 1 aliphatic rings. The van der Waals surface area contributed by atoms with E-state index in [1.54, 1.807) is 12.3 Å². The van der Waals surface area contributed by atoms with Crippen molar-refractivity contribution in [1.29, 1.82) is 0 Å². The summed E-state index contributed by atoms with van der Waals surface area (Å²) in [7, 11) is 0. The minimum Gasteiger partial charge on any atom is -0.477 e. The Morgan fingerprint density at radius 3 is 2.70 bits per heavy atom. The summed E-state index contributed by atoms with van der Waals surface area (Å²) in [5.41, 5.74) is 6.03. The topological polar surface area (TPSA) is 62.5 Å². The van der Waals surface area contributed by atoms with Gasteiger partial charge in [0.2, 0.25) is 0 Å². The Bertz CT molecular complexity index is 866. The molecule has 27 heavy (non-hydrogen) atoms. The molecule has 0 radical (unpaired) electrons. The highest BCUT2D eigenvalue weighted by Crippen LogP contribution is 2.33. The van der Waals surface area contributed by atoms with E-state index < -0.39 is 5.97 Å². The van der Waals surface area contributed by atoms with Crippen molar-refractivity contribution in [2.24, 2.45) is 4.99 Å². The van der Waals surface area contributed by atoms with Gasteiger partial charge in [-0.15, -0.1) is 0 Å². The van der Waals surface area contributed by atoms with E-state index in [0.29, 0.717) is 0 Å². The molecule has 0 fully saturated rings. The standard InChI is InChI=1S/C23H26N2O2/c1-16-8-7-9-19(17(16)2)20(21-10-5-3-4-6-13-24-21)14-18-11-12-22(23(26)27)25-15-18/h7-13,15,20H,3-6,14H2,1-2H3,(H,26,27)/b21-10-,24-13?. The highest BCUT2D eigenvalue weighted by atomic mass is 16.4. The van der Waals surface area contributed by atoms with Gasteiger partial charge in [-0.2, -0.15) is 0 Å². The molecule has 1 N–H and O–H groups in total. The smallest absolute Gasteiger partial charge is 0.354 e. The van der Waals surface area contributed by atoms with E-state index >= 15 is 0 Å². The minimum atomic E-state index is -1.00. The van der Waals surface area contributed by atoms with Gasteiger partial charge in [-0.25, -0.2) is 9.78 Å². The molecular formula is C23H26N2O2. The molecule has 0 spiro atoms. The maximum atomic E-state index is 11.1. The number of carbonyl (C=O) groups is 1. The fraction of sp³-hybridized carbons (Fsp3) is 0.348. The molecule has 4 nitrogen and oxygen atoms in total. The second kappa shape index (κ2) is 8.76. The van der Waals surface area contributed by atoms with Crippen molar-refractivity contribution in [2.75, 3.05) is 0 Å². The highest BCUT2D eigenvalue weighted by molar-refractivity contribution is 5.85. The Kier molecular flexibility index (Phi) is 6.17. The summed E-state index contributed by atoms with van der Waals surface area (Å²) in [5, 5.41) is 9.07. The Labute approximate surface area is 160 Å². The molecule has 2 aromatic rings. The number of rotatable bonds is 5. The van der Waals surface area contributed by atoms with Gasteiger partial charge < -0.3 is 5.11 Å². The first kappa shape index (κ1) is 19.0. The molecule has 0 saturated carbocycles. The lowest BCUT2D eigenvalue weighted by Gasteiger charge is -2.22. The van der Waals surface area contributed by atoms with Crippen molar-refractivity contribution in [2.45, 2.75) is 51.9 Å². The molecule has 2 heterocycles. The number of aliphatic imine (C=N–C) groups is 1. The first-order valence-corrected chi connectivity index (χ1v) is 9.53. The van der Waals surface area contributed by atoms with Gasteiger partial charge in [-0.3, -0.25) is 4.99 Å². The number of pyridine rings is 1.